The van der Waals surface area contributed by atoms with E-state index in [4.69, 9.17) is 9.47 Å². The molecule has 0 radical (unpaired) electrons. The predicted octanol–water partition coefficient (Wildman–Crippen LogP) is 3.19. The lowest BCUT2D eigenvalue weighted by Crippen LogP contribution is -2.07. The van der Waals surface area contributed by atoms with Gasteiger partial charge >= 0.3 is 5.97 Å². The third kappa shape index (κ3) is 4.24. The third-order valence-electron chi connectivity index (χ3n) is 3.10. The first-order chi connectivity index (χ1) is 10.2. The van der Waals surface area contributed by atoms with Gasteiger partial charge in [-0.3, -0.25) is 0 Å². The average molecular weight is 286 g/mol. The molecule has 0 aliphatic heterocycles. The molecule has 0 aromatic heterocycles. The topological polar surface area (TPSA) is 55.8 Å². The molecule has 2 rings (SSSR count). The molecule has 110 valence electrons. The summed E-state index contributed by atoms with van der Waals surface area (Å²) in [5.74, 6) is -0.159. The van der Waals surface area contributed by atoms with Crippen LogP contribution in [0.1, 0.15) is 22.3 Å². The molecule has 0 unspecified atom stereocenters. The molecule has 2 aromatic rings. The molecular formula is C17H18O4. The van der Waals surface area contributed by atoms with Crippen LogP contribution in [0.5, 0.6) is 11.5 Å². The van der Waals surface area contributed by atoms with Crippen molar-refractivity contribution in [2.75, 3.05) is 13.7 Å². The molecule has 0 spiro atoms. The van der Waals surface area contributed by atoms with Gasteiger partial charge in [-0.15, -0.1) is 0 Å². The van der Waals surface area contributed by atoms with E-state index in [9.17, 15) is 9.90 Å². The summed E-state index contributed by atoms with van der Waals surface area (Å²) in [5.41, 5.74) is 1.59. The molecular weight excluding hydrogens is 268 g/mol. The molecule has 0 saturated carbocycles. The quantitative estimate of drug-likeness (QED) is 0.654. The Morgan fingerprint density at radius 3 is 2.62 bits per heavy atom. The molecule has 1 N–H and O–H groups in total. The van der Waals surface area contributed by atoms with Crippen molar-refractivity contribution in [3.05, 3.63) is 59.7 Å². The molecule has 2 aromatic carbocycles. The highest BCUT2D eigenvalue weighted by Crippen LogP contribution is 2.26. The number of hydrogen-bond acceptors (Lipinski definition) is 4. The van der Waals surface area contributed by atoms with E-state index in [1.165, 1.54) is 30.9 Å². The fourth-order valence-electron chi connectivity index (χ4n) is 1.97. The Kier molecular flexibility index (Phi) is 5.21. The Bertz CT molecular complexity index is 593. The highest BCUT2D eigenvalue weighted by Gasteiger charge is 2.10. The van der Waals surface area contributed by atoms with Gasteiger partial charge in [-0.05, 0) is 36.6 Å². The predicted molar refractivity (Wildman–Crippen MR) is 79.7 cm³/mol. The number of hydrogen-bond donors (Lipinski definition) is 1. The molecule has 0 bridgehead atoms. The van der Waals surface area contributed by atoms with Gasteiger partial charge in [0.25, 0.3) is 0 Å². The minimum absolute atomic E-state index is 0.00173. The van der Waals surface area contributed by atoms with E-state index in [0.717, 1.165) is 12.8 Å². The second-order valence-corrected chi connectivity index (χ2v) is 4.61. The Balaban J connectivity index is 1.82. The number of methoxy groups -OCH3 is 1. The number of carbonyl (C=O) groups excluding carboxylic acids is 1. The lowest BCUT2D eigenvalue weighted by molar-refractivity contribution is 0.0500. The number of ether oxygens (including phenoxy) is 2. The summed E-state index contributed by atoms with van der Waals surface area (Å²) in [4.78, 5) is 11.9. The third-order valence-corrected chi connectivity index (χ3v) is 3.10. The number of rotatable bonds is 6. The van der Waals surface area contributed by atoms with E-state index >= 15 is 0 Å². The van der Waals surface area contributed by atoms with Crippen LogP contribution < -0.4 is 4.74 Å². The minimum atomic E-state index is -0.415. The van der Waals surface area contributed by atoms with Crippen LogP contribution in [0.15, 0.2) is 48.5 Å². The number of esters is 1. The number of aromatic hydroxyl groups is 1. The Hall–Kier alpha value is -2.49. The molecule has 4 nitrogen and oxygen atoms in total. The normalized spacial score (nSPS) is 10.1. The van der Waals surface area contributed by atoms with E-state index < -0.39 is 5.97 Å². The van der Waals surface area contributed by atoms with Crippen LogP contribution in [-0.4, -0.2) is 24.8 Å². The summed E-state index contributed by atoms with van der Waals surface area (Å²) in [7, 11) is 1.43. The molecule has 0 atom stereocenters. The largest absolute Gasteiger partial charge is 0.504 e. The maximum absolute atomic E-state index is 11.9. The van der Waals surface area contributed by atoms with E-state index in [1.807, 2.05) is 30.3 Å². The highest BCUT2D eigenvalue weighted by molar-refractivity contribution is 5.90. The zero-order chi connectivity index (χ0) is 15.1. The van der Waals surface area contributed by atoms with Crippen LogP contribution in [-0.2, 0) is 11.2 Å². The van der Waals surface area contributed by atoms with E-state index in [2.05, 4.69) is 0 Å². The van der Waals surface area contributed by atoms with Gasteiger partial charge < -0.3 is 14.6 Å². The highest BCUT2D eigenvalue weighted by atomic mass is 16.5. The van der Waals surface area contributed by atoms with Crippen molar-refractivity contribution in [2.45, 2.75) is 12.8 Å². The second kappa shape index (κ2) is 7.33. The molecule has 0 saturated heterocycles. The van der Waals surface area contributed by atoms with Crippen molar-refractivity contribution in [1.29, 1.82) is 0 Å². The Morgan fingerprint density at radius 2 is 1.90 bits per heavy atom. The summed E-state index contributed by atoms with van der Waals surface area (Å²) < 4.78 is 10.2. The first-order valence-corrected chi connectivity index (χ1v) is 6.79. The lowest BCUT2D eigenvalue weighted by atomic mass is 10.1. The van der Waals surface area contributed by atoms with Crippen LogP contribution in [0.3, 0.4) is 0 Å². The van der Waals surface area contributed by atoms with Crippen LogP contribution in [0.2, 0.25) is 0 Å². The molecule has 0 heterocycles. The number of phenolic OH excluding ortho intramolecular Hbond substituents is 1. The molecule has 4 heteroatoms. The Labute approximate surface area is 123 Å². The Morgan fingerprint density at radius 1 is 1.14 bits per heavy atom. The molecule has 0 aliphatic rings. The van der Waals surface area contributed by atoms with Crippen molar-refractivity contribution < 1.29 is 19.4 Å². The minimum Gasteiger partial charge on any atom is -0.504 e. The summed E-state index contributed by atoms with van der Waals surface area (Å²) >= 11 is 0. The molecule has 0 fully saturated rings. The first-order valence-electron chi connectivity index (χ1n) is 6.79. The van der Waals surface area contributed by atoms with Crippen molar-refractivity contribution in [3.8, 4) is 11.5 Å². The SMILES string of the molecule is COc1cc(C(=O)OCCCc2ccccc2)ccc1O. The fourth-order valence-corrected chi connectivity index (χ4v) is 1.97. The summed E-state index contributed by atoms with van der Waals surface area (Å²) in [6.07, 6.45) is 1.64. The summed E-state index contributed by atoms with van der Waals surface area (Å²) in [6.45, 7) is 0.358. The van der Waals surface area contributed by atoms with Crippen LogP contribution in [0.25, 0.3) is 0 Å². The fraction of sp³-hybridized carbons (Fsp3) is 0.235. The van der Waals surface area contributed by atoms with Gasteiger partial charge in [-0.25, -0.2) is 4.79 Å². The molecule has 21 heavy (non-hydrogen) atoms. The van der Waals surface area contributed by atoms with E-state index in [0.29, 0.717) is 12.2 Å². The van der Waals surface area contributed by atoms with E-state index in [-0.39, 0.29) is 11.5 Å². The lowest BCUT2D eigenvalue weighted by Gasteiger charge is -2.07. The maximum Gasteiger partial charge on any atom is 0.338 e. The number of benzene rings is 2. The molecule has 0 amide bonds. The van der Waals surface area contributed by atoms with Gasteiger partial charge in [0.15, 0.2) is 11.5 Å². The number of carbonyl (C=O) groups is 1. The van der Waals surface area contributed by atoms with Crippen LogP contribution in [0.4, 0.5) is 0 Å². The monoisotopic (exact) mass is 286 g/mol. The van der Waals surface area contributed by atoms with Gasteiger partial charge in [0.2, 0.25) is 0 Å². The van der Waals surface area contributed by atoms with Gasteiger partial charge in [-0.2, -0.15) is 0 Å². The van der Waals surface area contributed by atoms with Crippen molar-refractivity contribution in [1.82, 2.24) is 0 Å². The van der Waals surface area contributed by atoms with Crippen LogP contribution >= 0.6 is 0 Å². The van der Waals surface area contributed by atoms with Gasteiger partial charge in [0.1, 0.15) is 0 Å². The number of phenols is 1. The smallest absolute Gasteiger partial charge is 0.338 e. The average Bonchev–Trinajstić information content (AvgIpc) is 2.53. The van der Waals surface area contributed by atoms with Crippen LogP contribution in [0, 0.1) is 0 Å². The molecule has 0 aliphatic carbocycles. The van der Waals surface area contributed by atoms with Gasteiger partial charge in [0.05, 0.1) is 19.3 Å². The summed E-state index contributed by atoms with van der Waals surface area (Å²) in [5, 5.41) is 9.48. The second-order valence-electron chi connectivity index (χ2n) is 4.61. The zero-order valence-corrected chi connectivity index (χ0v) is 11.9. The van der Waals surface area contributed by atoms with Crippen molar-refractivity contribution in [2.24, 2.45) is 0 Å². The van der Waals surface area contributed by atoms with E-state index in [1.54, 1.807) is 0 Å². The maximum atomic E-state index is 11.9. The summed E-state index contributed by atoms with van der Waals surface area (Å²) in [6, 6.07) is 14.4. The number of aryl methyl sites for hydroxylation is 1. The van der Waals surface area contributed by atoms with Crippen molar-refractivity contribution >= 4 is 5.97 Å². The van der Waals surface area contributed by atoms with Gasteiger partial charge in [-0.1, -0.05) is 30.3 Å². The zero-order valence-electron chi connectivity index (χ0n) is 11.9. The standard InChI is InChI=1S/C17H18O4/c1-20-16-12-14(9-10-15(16)18)17(19)21-11-5-8-13-6-3-2-4-7-13/h2-4,6-7,9-10,12,18H,5,8,11H2,1H3. The van der Waals surface area contributed by atoms with Crippen molar-refractivity contribution in [3.63, 3.8) is 0 Å². The first kappa shape index (κ1) is 14.9. The van der Waals surface area contributed by atoms with Gasteiger partial charge in [0, 0.05) is 0 Å².